The van der Waals surface area contributed by atoms with E-state index in [0.717, 1.165) is 23.3 Å². The number of thiophene rings is 1. The number of aromatic nitrogens is 2. The number of nitrogens with zero attached hydrogens (tertiary/aromatic N) is 2. The molecule has 186 valence electrons. The Bertz CT molecular complexity index is 1460. The molecule has 0 radical (unpaired) electrons. The van der Waals surface area contributed by atoms with Crippen LogP contribution in [-0.4, -0.2) is 41.9 Å². The van der Waals surface area contributed by atoms with Crippen molar-refractivity contribution in [3.05, 3.63) is 70.2 Å². The summed E-state index contributed by atoms with van der Waals surface area (Å²) in [5.41, 5.74) is 7.40. The molecule has 4 aromatic rings. The molecule has 2 aromatic heterocycles. The smallest absolute Gasteiger partial charge is 0.320 e. The maximum absolute atomic E-state index is 13.3. The van der Waals surface area contributed by atoms with Crippen molar-refractivity contribution in [3.63, 3.8) is 0 Å². The maximum atomic E-state index is 13.3. The standard InChI is InChI=1S/C26H24ClN3O5S/c1-33-21-10-18(8-9-20(21)34-13-22(15-2-3-15)35-24(31)12-28)30-14-29-19-11-23(36-25(19)26(30)32)16-4-6-17(27)7-5-16/h4-11,14-15,22H,2-3,12-13,28H2,1H3/t22-/m0/s1. The Balaban J connectivity index is 1.40. The van der Waals surface area contributed by atoms with Crippen LogP contribution in [0.25, 0.3) is 26.3 Å². The largest absolute Gasteiger partial charge is 0.493 e. The van der Waals surface area contributed by atoms with Crippen molar-refractivity contribution in [2.24, 2.45) is 11.7 Å². The highest BCUT2D eigenvalue weighted by atomic mass is 35.5. The first-order valence-corrected chi connectivity index (χ1v) is 12.6. The van der Waals surface area contributed by atoms with Crippen LogP contribution in [0.15, 0.2) is 59.7 Å². The van der Waals surface area contributed by atoms with Crippen molar-refractivity contribution < 1.29 is 19.0 Å². The fourth-order valence-corrected chi connectivity index (χ4v) is 5.07. The SMILES string of the molecule is COc1cc(-n2cnc3cc(-c4ccc(Cl)cc4)sc3c2=O)ccc1OC[C@H](OC(=O)CN)C1CC1. The summed E-state index contributed by atoms with van der Waals surface area (Å²) in [6.45, 7) is 0.0298. The van der Waals surface area contributed by atoms with Gasteiger partial charge < -0.3 is 19.9 Å². The average Bonchev–Trinajstić information content (AvgIpc) is 3.65. The van der Waals surface area contributed by atoms with Crippen molar-refractivity contribution >= 4 is 39.1 Å². The summed E-state index contributed by atoms with van der Waals surface area (Å²) in [6.07, 6.45) is 3.13. The Hall–Kier alpha value is -3.40. The molecule has 36 heavy (non-hydrogen) atoms. The minimum atomic E-state index is -0.451. The molecule has 10 heteroatoms. The second kappa shape index (κ2) is 10.3. The molecule has 1 aliphatic rings. The van der Waals surface area contributed by atoms with E-state index in [-0.39, 0.29) is 30.7 Å². The van der Waals surface area contributed by atoms with Gasteiger partial charge in [0, 0.05) is 16.0 Å². The highest BCUT2D eigenvalue weighted by molar-refractivity contribution is 7.22. The third-order valence-corrected chi connectivity index (χ3v) is 7.41. The van der Waals surface area contributed by atoms with Gasteiger partial charge in [-0.05, 0) is 54.7 Å². The predicted octanol–water partition coefficient (Wildman–Crippen LogP) is 4.44. The summed E-state index contributed by atoms with van der Waals surface area (Å²) >= 11 is 7.39. The number of rotatable bonds is 9. The van der Waals surface area contributed by atoms with Gasteiger partial charge in [0.1, 0.15) is 23.7 Å². The minimum absolute atomic E-state index is 0.167. The molecule has 2 aromatic carbocycles. The minimum Gasteiger partial charge on any atom is -0.493 e. The summed E-state index contributed by atoms with van der Waals surface area (Å²) in [5, 5.41) is 0.654. The molecule has 5 rings (SSSR count). The number of hydrogen-bond donors (Lipinski definition) is 1. The fourth-order valence-electron chi connectivity index (χ4n) is 3.90. The Kier molecular flexibility index (Phi) is 6.95. The van der Waals surface area contributed by atoms with Crippen LogP contribution in [0.4, 0.5) is 0 Å². The van der Waals surface area contributed by atoms with E-state index in [1.54, 1.807) is 18.2 Å². The normalized spacial score (nSPS) is 14.0. The van der Waals surface area contributed by atoms with Crippen LogP contribution >= 0.6 is 22.9 Å². The quantitative estimate of drug-likeness (QED) is 0.322. The molecule has 1 aliphatic carbocycles. The van der Waals surface area contributed by atoms with Gasteiger partial charge in [-0.15, -0.1) is 11.3 Å². The Morgan fingerprint density at radius 3 is 2.67 bits per heavy atom. The van der Waals surface area contributed by atoms with Crippen LogP contribution in [0.2, 0.25) is 5.02 Å². The van der Waals surface area contributed by atoms with E-state index in [1.807, 2.05) is 30.3 Å². The molecule has 1 fully saturated rings. The molecule has 2 N–H and O–H groups in total. The van der Waals surface area contributed by atoms with E-state index >= 15 is 0 Å². The number of methoxy groups -OCH3 is 1. The summed E-state index contributed by atoms with van der Waals surface area (Å²) < 4.78 is 18.9. The van der Waals surface area contributed by atoms with Crippen LogP contribution < -0.4 is 20.8 Å². The van der Waals surface area contributed by atoms with Gasteiger partial charge >= 0.3 is 5.97 Å². The second-order valence-electron chi connectivity index (χ2n) is 8.47. The van der Waals surface area contributed by atoms with Crippen LogP contribution in [-0.2, 0) is 9.53 Å². The lowest BCUT2D eigenvalue weighted by atomic mass is 10.2. The Morgan fingerprint density at radius 2 is 1.97 bits per heavy atom. The number of carbonyl (C=O) groups excluding carboxylic acids is 1. The van der Waals surface area contributed by atoms with Crippen molar-refractivity contribution in [3.8, 4) is 27.6 Å². The zero-order valence-electron chi connectivity index (χ0n) is 19.5. The van der Waals surface area contributed by atoms with Crippen LogP contribution in [0, 0.1) is 5.92 Å². The van der Waals surface area contributed by atoms with Crippen molar-refractivity contribution in [2.75, 3.05) is 20.3 Å². The average molecular weight is 526 g/mol. The summed E-state index contributed by atoms with van der Waals surface area (Å²) in [4.78, 5) is 30.4. The number of carbonyl (C=O) groups is 1. The lowest BCUT2D eigenvalue weighted by Crippen LogP contribution is -2.30. The van der Waals surface area contributed by atoms with E-state index < -0.39 is 5.97 Å². The number of fused-ring (bicyclic) bond motifs is 1. The lowest BCUT2D eigenvalue weighted by Gasteiger charge is -2.19. The van der Waals surface area contributed by atoms with Crippen molar-refractivity contribution in [2.45, 2.75) is 18.9 Å². The number of nitrogens with two attached hydrogens (primary N) is 1. The number of ether oxygens (including phenoxy) is 3. The van der Waals surface area contributed by atoms with E-state index in [4.69, 9.17) is 31.5 Å². The first kappa shape index (κ1) is 24.3. The van der Waals surface area contributed by atoms with E-state index in [1.165, 1.54) is 29.3 Å². The topological polar surface area (TPSA) is 106 Å². The number of hydrogen-bond acceptors (Lipinski definition) is 8. The number of halogens is 1. The van der Waals surface area contributed by atoms with Crippen LogP contribution in [0.1, 0.15) is 12.8 Å². The number of benzene rings is 2. The molecule has 1 saturated carbocycles. The van der Waals surface area contributed by atoms with Gasteiger partial charge in [0.2, 0.25) is 0 Å². The molecule has 0 unspecified atom stereocenters. The first-order valence-electron chi connectivity index (χ1n) is 11.4. The molecule has 8 nitrogen and oxygen atoms in total. The van der Waals surface area contributed by atoms with Crippen LogP contribution in [0.3, 0.4) is 0 Å². The highest BCUT2D eigenvalue weighted by Crippen LogP contribution is 2.36. The van der Waals surface area contributed by atoms with Gasteiger partial charge in [0.15, 0.2) is 11.5 Å². The number of esters is 1. The van der Waals surface area contributed by atoms with Gasteiger partial charge in [-0.3, -0.25) is 14.2 Å². The second-order valence-corrected chi connectivity index (χ2v) is 9.96. The predicted molar refractivity (Wildman–Crippen MR) is 139 cm³/mol. The summed E-state index contributed by atoms with van der Waals surface area (Å²) in [6, 6.07) is 14.6. The van der Waals surface area contributed by atoms with Crippen LogP contribution in [0.5, 0.6) is 11.5 Å². The molecule has 0 aliphatic heterocycles. The van der Waals surface area contributed by atoms with Gasteiger partial charge in [0.25, 0.3) is 5.56 Å². The summed E-state index contributed by atoms with van der Waals surface area (Å²) in [5.74, 6) is 0.768. The lowest BCUT2D eigenvalue weighted by molar-refractivity contribution is -0.150. The van der Waals surface area contributed by atoms with Gasteiger partial charge in [-0.2, -0.15) is 0 Å². The molecule has 1 atom stereocenters. The van der Waals surface area contributed by atoms with Gasteiger partial charge in [-0.1, -0.05) is 23.7 Å². The summed E-state index contributed by atoms with van der Waals surface area (Å²) in [7, 11) is 1.53. The Labute approximate surface area is 216 Å². The Morgan fingerprint density at radius 1 is 1.19 bits per heavy atom. The van der Waals surface area contributed by atoms with E-state index in [9.17, 15) is 9.59 Å². The molecule has 0 spiro atoms. The maximum Gasteiger partial charge on any atom is 0.320 e. The van der Waals surface area contributed by atoms with Gasteiger partial charge in [-0.25, -0.2) is 4.98 Å². The van der Waals surface area contributed by atoms with Crippen molar-refractivity contribution in [1.29, 1.82) is 0 Å². The zero-order chi connectivity index (χ0) is 25.2. The molecule has 2 heterocycles. The first-order chi connectivity index (χ1) is 17.5. The molecular weight excluding hydrogens is 502 g/mol. The van der Waals surface area contributed by atoms with Crippen molar-refractivity contribution in [1.82, 2.24) is 9.55 Å². The molecular formula is C26H24ClN3O5S. The van der Waals surface area contributed by atoms with E-state index in [0.29, 0.717) is 32.4 Å². The fraction of sp³-hybridized carbons (Fsp3) is 0.269. The monoisotopic (exact) mass is 525 g/mol. The highest BCUT2D eigenvalue weighted by Gasteiger charge is 2.34. The zero-order valence-corrected chi connectivity index (χ0v) is 21.1. The van der Waals surface area contributed by atoms with Gasteiger partial charge in [0.05, 0.1) is 24.9 Å². The molecule has 0 amide bonds. The third kappa shape index (κ3) is 5.09. The molecule has 0 saturated heterocycles. The molecule has 0 bridgehead atoms. The third-order valence-electron chi connectivity index (χ3n) is 5.99. The van der Waals surface area contributed by atoms with E-state index in [2.05, 4.69) is 4.98 Å².